The molecule has 1 aliphatic rings. The van der Waals surface area contributed by atoms with Gasteiger partial charge in [-0.2, -0.15) is 0 Å². The third-order valence-corrected chi connectivity index (χ3v) is 5.99. The van der Waals surface area contributed by atoms with Gasteiger partial charge in [-0.15, -0.1) is 0 Å². The summed E-state index contributed by atoms with van der Waals surface area (Å²) in [5, 5.41) is 3.49. The van der Waals surface area contributed by atoms with Crippen LogP contribution in [0.3, 0.4) is 0 Å². The van der Waals surface area contributed by atoms with Crippen molar-refractivity contribution < 1.29 is 9.09 Å². The van der Waals surface area contributed by atoms with Gasteiger partial charge < -0.3 is 4.52 Å². The second-order valence-electron chi connectivity index (χ2n) is 5.60. The lowest BCUT2D eigenvalue weighted by atomic mass is 10.1. The van der Waals surface area contributed by atoms with Crippen molar-refractivity contribution in [2.24, 2.45) is 0 Å². The summed E-state index contributed by atoms with van der Waals surface area (Å²) in [7, 11) is -2.92. The van der Waals surface area contributed by atoms with Crippen molar-refractivity contribution in [3.8, 4) is 0 Å². The largest absolute Gasteiger partial charge is 0.322 e. The normalized spacial score (nSPS) is 31.1. The third-order valence-electron chi connectivity index (χ3n) is 2.97. The molecule has 2 rings (SSSR count). The maximum absolute atomic E-state index is 13.1. The summed E-state index contributed by atoms with van der Waals surface area (Å²) in [5.74, 6) is 0. The van der Waals surface area contributed by atoms with Crippen molar-refractivity contribution in [2.45, 2.75) is 38.5 Å². The summed E-state index contributed by atoms with van der Waals surface area (Å²) in [6.07, 6.45) is 3.30. The van der Waals surface area contributed by atoms with E-state index in [9.17, 15) is 4.57 Å². The molecule has 2 heterocycles. The molecule has 0 spiro atoms. The van der Waals surface area contributed by atoms with Crippen molar-refractivity contribution in [3.05, 3.63) is 24.5 Å². The van der Waals surface area contributed by atoms with Crippen LogP contribution in [0.25, 0.3) is 0 Å². The number of rotatable bonds is 1. The van der Waals surface area contributed by atoms with Gasteiger partial charge in [0.1, 0.15) is 0 Å². The molecular weight excluding hydrogens is 235 g/mol. The predicted octanol–water partition coefficient (Wildman–Crippen LogP) is 2.12. The summed E-state index contributed by atoms with van der Waals surface area (Å²) in [6.45, 7) is 8.36. The highest BCUT2D eigenvalue weighted by atomic mass is 31.2. The van der Waals surface area contributed by atoms with Crippen LogP contribution in [0.1, 0.15) is 27.7 Å². The van der Waals surface area contributed by atoms with E-state index in [1.54, 1.807) is 18.5 Å². The molecule has 0 radical (unpaired) electrons. The standard InChI is InChI=1S/C12H19N2O2P/c1-11(2)9-16-17(15,12(3,4)14-11)10-6-5-7-13-8-10/h5-8,14H,9H2,1-4H3. The Morgan fingerprint density at radius 1 is 1.41 bits per heavy atom. The second kappa shape index (κ2) is 3.91. The monoisotopic (exact) mass is 254 g/mol. The molecule has 1 N–H and O–H groups in total. The van der Waals surface area contributed by atoms with Gasteiger partial charge in [-0.25, -0.2) is 0 Å². The maximum atomic E-state index is 13.1. The molecule has 1 atom stereocenters. The summed E-state index contributed by atoms with van der Waals surface area (Å²) in [6, 6.07) is 3.60. The summed E-state index contributed by atoms with van der Waals surface area (Å²) < 4.78 is 18.8. The van der Waals surface area contributed by atoms with E-state index < -0.39 is 12.6 Å². The molecule has 1 saturated heterocycles. The molecule has 17 heavy (non-hydrogen) atoms. The van der Waals surface area contributed by atoms with Crippen molar-refractivity contribution in [1.82, 2.24) is 10.3 Å². The number of hydrogen-bond acceptors (Lipinski definition) is 4. The Bertz CT molecular complexity index is 457. The van der Waals surface area contributed by atoms with Crippen LogP contribution in [0, 0.1) is 0 Å². The molecule has 1 aromatic heterocycles. The fourth-order valence-electron chi connectivity index (χ4n) is 2.28. The molecule has 0 saturated carbocycles. The van der Waals surface area contributed by atoms with Gasteiger partial charge in [0.2, 0.25) is 0 Å². The van der Waals surface area contributed by atoms with Gasteiger partial charge in [-0.3, -0.25) is 14.9 Å². The van der Waals surface area contributed by atoms with E-state index in [-0.39, 0.29) is 5.54 Å². The molecule has 0 aromatic carbocycles. The molecular formula is C12H19N2O2P. The average molecular weight is 254 g/mol. The highest BCUT2D eigenvalue weighted by Gasteiger charge is 2.50. The number of hydrogen-bond donors (Lipinski definition) is 1. The molecule has 4 nitrogen and oxygen atoms in total. The first-order valence-electron chi connectivity index (χ1n) is 5.72. The van der Waals surface area contributed by atoms with E-state index in [0.29, 0.717) is 11.9 Å². The number of nitrogens with one attached hydrogen (secondary N) is 1. The van der Waals surface area contributed by atoms with Crippen LogP contribution >= 0.6 is 7.37 Å². The molecule has 1 unspecified atom stereocenters. The molecule has 1 aliphatic heterocycles. The van der Waals surface area contributed by atoms with Crippen LogP contribution in [0.15, 0.2) is 24.5 Å². The SMILES string of the molecule is CC1(C)COP(=O)(c2cccnc2)C(C)(C)N1. The molecule has 1 aromatic rings. The summed E-state index contributed by atoms with van der Waals surface area (Å²) >= 11 is 0. The van der Waals surface area contributed by atoms with E-state index in [1.807, 2.05) is 33.8 Å². The van der Waals surface area contributed by atoms with Crippen LogP contribution < -0.4 is 10.6 Å². The molecule has 5 heteroatoms. The summed E-state index contributed by atoms with van der Waals surface area (Å²) in [4.78, 5) is 4.03. The molecule has 0 aliphatic carbocycles. The van der Waals surface area contributed by atoms with Gasteiger partial charge in [-0.1, -0.05) is 0 Å². The minimum absolute atomic E-state index is 0.167. The van der Waals surface area contributed by atoms with Gasteiger partial charge in [0, 0.05) is 17.9 Å². The van der Waals surface area contributed by atoms with Crippen molar-refractivity contribution in [3.63, 3.8) is 0 Å². The fourth-order valence-corrected chi connectivity index (χ4v) is 4.85. The highest BCUT2D eigenvalue weighted by Crippen LogP contribution is 2.59. The lowest BCUT2D eigenvalue weighted by molar-refractivity contribution is 0.147. The van der Waals surface area contributed by atoms with E-state index in [0.717, 1.165) is 0 Å². The van der Waals surface area contributed by atoms with Crippen LogP contribution in [0.5, 0.6) is 0 Å². The van der Waals surface area contributed by atoms with Gasteiger partial charge in [-0.05, 0) is 39.8 Å². The molecule has 0 bridgehead atoms. The highest BCUT2D eigenvalue weighted by molar-refractivity contribution is 7.68. The number of aromatic nitrogens is 1. The minimum atomic E-state index is -2.92. The predicted molar refractivity (Wildman–Crippen MR) is 68.7 cm³/mol. The third kappa shape index (κ3) is 2.17. The molecule has 1 fully saturated rings. The molecule has 94 valence electrons. The van der Waals surface area contributed by atoms with Crippen LogP contribution in [0.4, 0.5) is 0 Å². The van der Waals surface area contributed by atoms with E-state index in [4.69, 9.17) is 4.52 Å². The Balaban J connectivity index is 2.43. The van der Waals surface area contributed by atoms with Crippen molar-refractivity contribution >= 4 is 12.7 Å². The first-order chi connectivity index (χ1) is 7.77. The smallest absolute Gasteiger partial charge is 0.252 e. The lowest BCUT2D eigenvalue weighted by Crippen LogP contribution is -2.59. The zero-order valence-electron chi connectivity index (χ0n) is 10.7. The van der Waals surface area contributed by atoms with Gasteiger partial charge in [0.25, 0.3) is 7.37 Å². The van der Waals surface area contributed by atoms with Crippen LogP contribution in [-0.4, -0.2) is 22.4 Å². The van der Waals surface area contributed by atoms with E-state index in [2.05, 4.69) is 10.3 Å². The Morgan fingerprint density at radius 3 is 2.65 bits per heavy atom. The van der Waals surface area contributed by atoms with Crippen molar-refractivity contribution in [2.75, 3.05) is 6.61 Å². The van der Waals surface area contributed by atoms with E-state index in [1.165, 1.54) is 0 Å². The number of nitrogens with zero attached hydrogens (tertiary/aromatic N) is 1. The average Bonchev–Trinajstić information content (AvgIpc) is 2.24. The Morgan fingerprint density at radius 2 is 2.12 bits per heavy atom. The van der Waals surface area contributed by atoms with Crippen LogP contribution in [0.2, 0.25) is 0 Å². The maximum Gasteiger partial charge on any atom is 0.252 e. The first kappa shape index (κ1) is 12.7. The van der Waals surface area contributed by atoms with Gasteiger partial charge in [0.15, 0.2) is 0 Å². The zero-order chi connectivity index (χ0) is 12.7. The Kier molecular flexibility index (Phi) is 2.93. The Labute approximate surface area is 102 Å². The first-order valence-corrected chi connectivity index (χ1v) is 7.34. The van der Waals surface area contributed by atoms with Crippen molar-refractivity contribution in [1.29, 1.82) is 0 Å². The van der Waals surface area contributed by atoms with Crippen LogP contribution in [-0.2, 0) is 9.09 Å². The number of pyridine rings is 1. The Hall–Kier alpha value is -0.700. The second-order valence-corrected chi connectivity index (χ2v) is 8.60. The fraction of sp³-hybridized carbons (Fsp3) is 0.583. The van der Waals surface area contributed by atoms with Gasteiger partial charge >= 0.3 is 0 Å². The topological polar surface area (TPSA) is 51.2 Å². The van der Waals surface area contributed by atoms with E-state index >= 15 is 0 Å². The molecule has 0 amide bonds. The van der Waals surface area contributed by atoms with Gasteiger partial charge in [0.05, 0.1) is 17.2 Å². The zero-order valence-corrected chi connectivity index (χ0v) is 11.6. The quantitative estimate of drug-likeness (QED) is 0.780. The minimum Gasteiger partial charge on any atom is -0.322 e. The lowest BCUT2D eigenvalue weighted by Gasteiger charge is -2.46. The summed E-state index contributed by atoms with van der Waals surface area (Å²) in [5.41, 5.74) is -0.167.